The first-order valence-electron chi connectivity index (χ1n) is 9.13. The van der Waals surface area contributed by atoms with Gasteiger partial charge in [-0.2, -0.15) is 0 Å². The van der Waals surface area contributed by atoms with Gasteiger partial charge in [0.25, 0.3) is 5.91 Å². The van der Waals surface area contributed by atoms with E-state index in [4.69, 9.17) is 4.74 Å². The van der Waals surface area contributed by atoms with E-state index in [-0.39, 0.29) is 24.8 Å². The van der Waals surface area contributed by atoms with Gasteiger partial charge in [-0.15, -0.1) is 23.5 Å². The smallest absolute Gasteiger partial charge is 0.307 e. The average molecular weight is 420 g/mol. The molecule has 1 aliphatic rings. The number of rotatable bonds is 6. The Morgan fingerprint density at radius 1 is 1.21 bits per heavy atom. The van der Waals surface area contributed by atoms with E-state index in [1.165, 1.54) is 23.9 Å². The summed E-state index contributed by atoms with van der Waals surface area (Å²) in [6.07, 6.45) is 1.08. The third kappa shape index (κ3) is 5.75. The first-order valence-corrected chi connectivity index (χ1v) is 11.0. The van der Waals surface area contributed by atoms with E-state index >= 15 is 0 Å². The van der Waals surface area contributed by atoms with E-state index in [9.17, 15) is 14.0 Å². The lowest BCUT2D eigenvalue weighted by atomic mass is 10.2. The second-order valence-electron chi connectivity index (χ2n) is 6.44. The van der Waals surface area contributed by atoms with Gasteiger partial charge in [0.2, 0.25) is 0 Å². The van der Waals surface area contributed by atoms with Crippen LogP contribution in [0.4, 0.5) is 10.1 Å². The highest BCUT2D eigenvalue weighted by Crippen LogP contribution is 2.37. The third-order valence-electron chi connectivity index (χ3n) is 4.29. The van der Waals surface area contributed by atoms with Crippen LogP contribution in [0.3, 0.4) is 0 Å². The van der Waals surface area contributed by atoms with Crippen molar-refractivity contribution < 1.29 is 18.7 Å². The number of hydrogen-bond donors (Lipinski definition) is 0. The van der Waals surface area contributed by atoms with Crippen LogP contribution in [0.2, 0.25) is 0 Å². The molecule has 0 aromatic heterocycles. The molecule has 0 fully saturated rings. The third-order valence-corrected chi connectivity index (χ3v) is 6.54. The summed E-state index contributed by atoms with van der Waals surface area (Å²) >= 11 is 3.21. The molecule has 0 bridgehead atoms. The van der Waals surface area contributed by atoms with Crippen LogP contribution in [0.15, 0.2) is 58.3 Å². The summed E-state index contributed by atoms with van der Waals surface area (Å²) in [5.74, 6) is -0.389. The fraction of sp³-hybridized carbons (Fsp3) is 0.333. The minimum absolute atomic E-state index is 0.193. The highest BCUT2D eigenvalue weighted by molar-refractivity contribution is 8.00. The Kier molecular flexibility index (Phi) is 7.39. The highest BCUT2D eigenvalue weighted by Gasteiger charge is 2.24. The van der Waals surface area contributed by atoms with Crippen molar-refractivity contribution in [2.24, 2.45) is 0 Å². The van der Waals surface area contributed by atoms with Crippen LogP contribution in [-0.4, -0.2) is 36.0 Å². The maximum atomic E-state index is 12.9. The lowest BCUT2D eigenvalue weighted by Gasteiger charge is -2.22. The number of para-hydroxylation sites is 1. The molecular weight excluding hydrogens is 397 g/mol. The number of fused-ring (bicyclic) bond motifs is 1. The average Bonchev–Trinajstić information content (AvgIpc) is 2.86. The number of amides is 1. The second-order valence-corrected chi connectivity index (χ2v) is 9.09. The zero-order chi connectivity index (χ0) is 19.9. The van der Waals surface area contributed by atoms with Crippen LogP contribution in [0.5, 0.6) is 0 Å². The molecule has 0 saturated heterocycles. The maximum Gasteiger partial charge on any atom is 0.307 e. The van der Waals surface area contributed by atoms with Gasteiger partial charge in [-0.3, -0.25) is 9.59 Å². The molecule has 1 heterocycles. The molecule has 7 heteroatoms. The zero-order valence-electron chi connectivity index (χ0n) is 15.6. The van der Waals surface area contributed by atoms with Crippen LogP contribution in [-0.2, 0) is 14.3 Å². The first-order chi connectivity index (χ1) is 13.5. The van der Waals surface area contributed by atoms with E-state index < -0.39 is 5.97 Å². The van der Waals surface area contributed by atoms with Crippen molar-refractivity contribution in [3.05, 3.63) is 54.3 Å². The first kappa shape index (κ1) is 20.7. The Morgan fingerprint density at radius 2 is 1.96 bits per heavy atom. The molecule has 1 amide bonds. The molecule has 0 radical (unpaired) electrons. The zero-order valence-corrected chi connectivity index (χ0v) is 17.2. The lowest BCUT2D eigenvalue weighted by molar-refractivity contribution is -0.147. The van der Waals surface area contributed by atoms with Gasteiger partial charge in [-0.1, -0.05) is 19.1 Å². The van der Waals surface area contributed by atoms with Crippen molar-refractivity contribution in [1.82, 2.24) is 0 Å². The molecule has 3 rings (SSSR count). The monoisotopic (exact) mass is 419 g/mol. The highest BCUT2D eigenvalue weighted by atomic mass is 32.2. The van der Waals surface area contributed by atoms with Crippen molar-refractivity contribution >= 4 is 41.1 Å². The second kappa shape index (κ2) is 9.98. The Bertz CT molecular complexity index is 829. The molecule has 0 aliphatic carbocycles. The quantitative estimate of drug-likeness (QED) is 0.499. The molecule has 1 aliphatic heterocycles. The largest absolute Gasteiger partial charge is 0.456 e. The Labute approximate surface area is 172 Å². The molecule has 4 nitrogen and oxygen atoms in total. The lowest BCUT2D eigenvalue weighted by Crippen LogP contribution is -2.35. The number of esters is 1. The van der Waals surface area contributed by atoms with Gasteiger partial charge in [0.15, 0.2) is 6.61 Å². The standard InChI is InChI=1S/C21H22FNO3S2/c1-15-10-12-23(18-4-2-3-5-19(18)28-15)20(24)14-26-21(25)11-13-27-17-8-6-16(22)7-9-17/h2-9,15H,10-14H2,1H3/t15-/m0/s1. The Morgan fingerprint density at radius 3 is 2.75 bits per heavy atom. The van der Waals surface area contributed by atoms with E-state index in [0.29, 0.717) is 17.5 Å². The molecule has 2 aromatic rings. The normalized spacial score (nSPS) is 16.2. The molecule has 0 saturated carbocycles. The van der Waals surface area contributed by atoms with Gasteiger partial charge < -0.3 is 9.64 Å². The summed E-state index contributed by atoms with van der Waals surface area (Å²) < 4.78 is 18.1. The Hall–Kier alpha value is -1.99. The summed E-state index contributed by atoms with van der Waals surface area (Å²) in [5, 5.41) is 0.421. The van der Waals surface area contributed by atoms with Crippen molar-refractivity contribution in [2.75, 3.05) is 23.8 Å². The molecule has 0 spiro atoms. The fourth-order valence-corrected chi connectivity index (χ4v) is 4.77. The molecule has 148 valence electrons. The number of hydrogen-bond acceptors (Lipinski definition) is 5. The summed E-state index contributed by atoms with van der Waals surface area (Å²) in [5.41, 5.74) is 0.879. The Balaban J connectivity index is 1.48. The number of halogens is 1. The summed E-state index contributed by atoms with van der Waals surface area (Å²) in [6.45, 7) is 2.50. The molecule has 0 N–H and O–H groups in total. The topological polar surface area (TPSA) is 46.6 Å². The van der Waals surface area contributed by atoms with Crippen LogP contribution in [0.25, 0.3) is 0 Å². The molecule has 1 atom stereocenters. The number of nitrogens with zero attached hydrogens (tertiary/aromatic N) is 1. The predicted octanol–water partition coefficient (Wildman–Crippen LogP) is 4.77. The van der Waals surface area contributed by atoms with Gasteiger partial charge in [0, 0.05) is 27.3 Å². The van der Waals surface area contributed by atoms with Crippen molar-refractivity contribution in [3.63, 3.8) is 0 Å². The molecule has 28 heavy (non-hydrogen) atoms. The molecular formula is C21H22FNO3S2. The number of anilines is 1. The number of thioether (sulfide) groups is 2. The molecule has 0 unspecified atom stereocenters. The predicted molar refractivity (Wildman–Crippen MR) is 111 cm³/mol. The van der Waals surface area contributed by atoms with E-state index in [1.807, 2.05) is 24.3 Å². The van der Waals surface area contributed by atoms with E-state index in [2.05, 4.69) is 6.92 Å². The molecule has 2 aromatic carbocycles. The number of ether oxygens (including phenoxy) is 1. The summed E-state index contributed by atoms with van der Waals surface area (Å²) in [6, 6.07) is 13.9. The summed E-state index contributed by atoms with van der Waals surface area (Å²) in [7, 11) is 0. The number of benzene rings is 2. The van der Waals surface area contributed by atoms with Crippen LogP contribution in [0, 0.1) is 5.82 Å². The van der Waals surface area contributed by atoms with Crippen LogP contribution >= 0.6 is 23.5 Å². The van der Waals surface area contributed by atoms with Gasteiger partial charge in [-0.05, 0) is 42.8 Å². The minimum atomic E-state index is -0.409. The van der Waals surface area contributed by atoms with E-state index in [1.54, 1.807) is 28.8 Å². The van der Waals surface area contributed by atoms with Gasteiger partial charge in [0.05, 0.1) is 12.1 Å². The van der Waals surface area contributed by atoms with E-state index in [0.717, 1.165) is 21.9 Å². The number of carbonyl (C=O) groups excluding carboxylic acids is 2. The van der Waals surface area contributed by atoms with Gasteiger partial charge in [0.1, 0.15) is 5.82 Å². The van der Waals surface area contributed by atoms with Crippen LogP contribution in [0.1, 0.15) is 19.8 Å². The SMILES string of the molecule is C[C@H]1CCN(C(=O)COC(=O)CCSc2ccc(F)cc2)c2ccccc2S1. The van der Waals surface area contributed by atoms with Crippen LogP contribution < -0.4 is 4.90 Å². The van der Waals surface area contributed by atoms with Crippen molar-refractivity contribution in [3.8, 4) is 0 Å². The minimum Gasteiger partial charge on any atom is -0.456 e. The maximum absolute atomic E-state index is 12.9. The van der Waals surface area contributed by atoms with Gasteiger partial charge >= 0.3 is 5.97 Å². The van der Waals surface area contributed by atoms with Gasteiger partial charge in [-0.25, -0.2) is 4.39 Å². The van der Waals surface area contributed by atoms with Crippen molar-refractivity contribution in [1.29, 1.82) is 0 Å². The summed E-state index contributed by atoms with van der Waals surface area (Å²) in [4.78, 5) is 28.3. The fourth-order valence-electron chi connectivity index (χ4n) is 2.82. The van der Waals surface area contributed by atoms with Crippen molar-refractivity contribution in [2.45, 2.75) is 34.8 Å². The number of carbonyl (C=O) groups is 2.